The second-order valence-electron chi connectivity index (χ2n) is 7.79. The van der Waals surface area contributed by atoms with Gasteiger partial charge in [-0.05, 0) is 39.3 Å². The highest BCUT2D eigenvalue weighted by Gasteiger charge is 2.32. The molecule has 146 valence electrons. The topological polar surface area (TPSA) is 98.9 Å². The minimum atomic E-state index is -0.511. The molecular weight excluding hydrogens is 368 g/mol. The van der Waals surface area contributed by atoms with E-state index in [0.29, 0.717) is 18.8 Å². The fraction of sp³-hybridized carbons (Fsp3) is 0.556. The van der Waals surface area contributed by atoms with Crippen molar-refractivity contribution in [3.8, 4) is 11.5 Å². The van der Waals surface area contributed by atoms with Crippen molar-refractivity contribution in [1.29, 1.82) is 0 Å². The van der Waals surface area contributed by atoms with Crippen LogP contribution in [0, 0.1) is 0 Å². The number of carbonyl (C=O) groups is 1. The summed E-state index contributed by atoms with van der Waals surface area (Å²) in [5, 5.41) is 4.22. The van der Waals surface area contributed by atoms with E-state index in [1.54, 1.807) is 16.2 Å². The number of amides is 1. The van der Waals surface area contributed by atoms with E-state index in [9.17, 15) is 4.79 Å². The molecule has 0 aliphatic carbocycles. The Labute approximate surface area is 161 Å². The van der Waals surface area contributed by atoms with Crippen LogP contribution >= 0.6 is 11.3 Å². The van der Waals surface area contributed by atoms with Crippen LogP contribution in [-0.4, -0.2) is 53.5 Å². The van der Waals surface area contributed by atoms with E-state index in [1.807, 2.05) is 32.9 Å². The van der Waals surface area contributed by atoms with Gasteiger partial charge in [0.2, 0.25) is 6.79 Å². The number of thiazole rings is 1. The lowest BCUT2D eigenvalue weighted by molar-refractivity contribution is 0.0193. The number of nitrogens with two attached hydrogens (primary N) is 1. The molecule has 3 N–H and O–H groups in total. The van der Waals surface area contributed by atoms with Crippen LogP contribution in [0.2, 0.25) is 0 Å². The second kappa shape index (κ2) is 6.72. The molecule has 3 heterocycles. The highest BCUT2D eigenvalue weighted by molar-refractivity contribution is 7.22. The minimum absolute atomic E-state index is 0.0365. The molecule has 0 unspecified atom stereocenters. The molecule has 1 saturated heterocycles. The van der Waals surface area contributed by atoms with E-state index >= 15 is 0 Å². The zero-order valence-electron chi connectivity index (χ0n) is 15.7. The molecule has 2 aliphatic rings. The van der Waals surface area contributed by atoms with Crippen LogP contribution in [0.4, 0.5) is 9.93 Å². The number of hydrogen-bond acceptors (Lipinski definition) is 8. The Balaban J connectivity index is 1.42. The number of carbonyl (C=O) groups excluding carboxylic acids is 1. The van der Waals surface area contributed by atoms with Gasteiger partial charge in [0, 0.05) is 25.2 Å². The molecule has 2 atom stereocenters. The monoisotopic (exact) mass is 392 g/mol. The van der Waals surface area contributed by atoms with Gasteiger partial charge in [-0.2, -0.15) is 0 Å². The van der Waals surface area contributed by atoms with Crippen LogP contribution < -0.4 is 20.5 Å². The summed E-state index contributed by atoms with van der Waals surface area (Å²) in [4.78, 5) is 18.6. The van der Waals surface area contributed by atoms with E-state index in [0.717, 1.165) is 27.5 Å². The van der Waals surface area contributed by atoms with E-state index < -0.39 is 5.60 Å². The Morgan fingerprint density at radius 2 is 2.22 bits per heavy atom. The summed E-state index contributed by atoms with van der Waals surface area (Å²) in [6.45, 7) is 6.84. The predicted octanol–water partition coefficient (Wildman–Crippen LogP) is 2.77. The summed E-state index contributed by atoms with van der Waals surface area (Å²) < 4.78 is 17.4. The maximum Gasteiger partial charge on any atom is 0.410 e. The maximum absolute atomic E-state index is 12.2. The zero-order chi connectivity index (χ0) is 19.2. The third-order valence-electron chi connectivity index (χ3n) is 4.51. The van der Waals surface area contributed by atoms with Gasteiger partial charge in [0.15, 0.2) is 16.6 Å². The number of ether oxygens (including phenoxy) is 3. The standard InChI is InChI=1S/C18H24N4O4S/c1-18(2,3)26-17(23)22-7-6-11(10(19)8-22)20-16-21-14-13(27-16)5-4-12-15(14)25-9-24-12/h4-5,10-11H,6-9,19H2,1-3H3,(H,20,21)/t10-,11+/m0/s1. The molecule has 27 heavy (non-hydrogen) atoms. The SMILES string of the molecule is CC(C)(C)OC(=O)N1CC[C@@H](Nc2nc3c4c(ccc3s2)OCO4)[C@@H](N)C1. The first-order valence-electron chi connectivity index (χ1n) is 8.99. The lowest BCUT2D eigenvalue weighted by Crippen LogP contribution is -2.56. The molecule has 9 heteroatoms. The van der Waals surface area contributed by atoms with Gasteiger partial charge in [0.05, 0.1) is 4.70 Å². The van der Waals surface area contributed by atoms with Crippen molar-refractivity contribution in [2.75, 3.05) is 25.2 Å². The molecular formula is C18H24N4O4S. The number of piperidine rings is 1. The van der Waals surface area contributed by atoms with Gasteiger partial charge in [-0.25, -0.2) is 9.78 Å². The summed E-state index contributed by atoms with van der Waals surface area (Å²) in [5.74, 6) is 1.42. The number of anilines is 1. The summed E-state index contributed by atoms with van der Waals surface area (Å²) in [6.07, 6.45) is 0.415. The molecule has 0 saturated carbocycles. The Morgan fingerprint density at radius 3 is 2.96 bits per heavy atom. The molecule has 2 aliphatic heterocycles. The van der Waals surface area contributed by atoms with Gasteiger partial charge in [0.1, 0.15) is 11.1 Å². The normalized spacial score (nSPS) is 22.1. The van der Waals surface area contributed by atoms with Crippen LogP contribution in [0.1, 0.15) is 27.2 Å². The maximum atomic E-state index is 12.2. The summed E-state index contributed by atoms with van der Waals surface area (Å²) >= 11 is 1.56. The highest BCUT2D eigenvalue weighted by Crippen LogP contribution is 2.41. The minimum Gasteiger partial charge on any atom is -0.454 e. The Morgan fingerprint density at radius 1 is 1.41 bits per heavy atom. The predicted molar refractivity (Wildman–Crippen MR) is 104 cm³/mol. The summed E-state index contributed by atoms with van der Waals surface area (Å²) in [5.41, 5.74) is 6.62. The van der Waals surface area contributed by atoms with Crippen molar-refractivity contribution in [3.63, 3.8) is 0 Å². The number of likely N-dealkylation sites (tertiary alicyclic amines) is 1. The van der Waals surface area contributed by atoms with E-state index in [-0.39, 0.29) is 25.0 Å². The Hall–Kier alpha value is -2.26. The highest BCUT2D eigenvalue weighted by atomic mass is 32.1. The third kappa shape index (κ3) is 3.74. The zero-order valence-corrected chi connectivity index (χ0v) is 16.5. The molecule has 0 bridgehead atoms. The van der Waals surface area contributed by atoms with Crippen molar-refractivity contribution in [2.45, 2.75) is 44.9 Å². The van der Waals surface area contributed by atoms with Crippen molar-refractivity contribution >= 4 is 32.8 Å². The molecule has 0 spiro atoms. The number of aromatic nitrogens is 1. The van der Waals surface area contributed by atoms with Crippen LogP contribution in [0.3, 0.4) is 0 Å². The number of hydrogen-bond donors (Lipinski definition) is 2. The smallest absolute Gasteiger partial charge is 0.410 e. The average molecular weight is 392 g/mol. The molecule has 1 amide bonds. The second-order valence-corrected chi connectivity index (χ2v) is 8.83. The fourth-order valence-electron chi connectivity index (χ4n) is 3.23. The van der Waals surface area contributed by atoms with Gasteiger partial charge < -0.3 is 30.2 Å². The first-order chi connectivity index (χ1) is 12.8. The van der Waals surface area contributed by atoms with Gasteiger partial charge in [-0.1, -0.05) is 11.3 Å². The van der Waals surface area contributed by atoms with Gasteiger partial charge >= 0.3 is 6.09 Å². The van der Waals surface area contributed by atoms with Crippen LogP contribution in [0.5, 0.6) is 11.5 Å². The number of fused-ring (bicyclic) bond motifs is 3. The number of rotatable bonds is 2. The average Bonchev–Trinajstić information content (AvgIpc) is 3.20. The lowest BCUT2D eigenvalue weighted by atomic mass is 10.0. The molecule has 4 rings (SSSR count). The number of nitrogens with one attached hydrogen (secondary N) is 1. The number of nitrogens with zero attached hydrogens (tertiary/aromatic N) is 2. The van der Waals surface area contributed by atoms with Gasteiger partial charge in [-0.15, -0.1) is 0 Å². The van der Waals surface area contributed by atoms with Crippen molar-refractivity contribution in [3.05, 3.63) is 12.1 Å². The quantitative estimate of drug-likeness (QED) is 0.811. The molecule has 2 aromatic rings. The fourth-order valence-corrected chi connectivity index (χ4v) is 4.16. The first kappa shape index (κ1) is 18.1. The largest absolute Gasteiger partial charge is 0.454 e. The molecule has 8 nitrogen and oxygen atoms in total. The van der Waals surface area contributed by atoms with E-state index in [4.69, 9.17) is 19.9 Å². The number of benzene rings is 1. The van der Waals surface area contributed by atoms with Gasteiger partial charge in [0.25, 0.3) is 0 Å². The lowest BCUT2D eigenvalue weighted by Gasteiger charge is -2.37. The van der Waals surface area contributed by atoms with Crippen LogP contribution in [0.15, 0.2) is 12.1 Å². The Kier molecular flexibility index (Phi) is 4.51. The summed E-state index contributed by atoms with van der Waals surface area (Å²) in [6, 6.07) is 3.71. The molecule has 1 aromatic heterocycles. The van der Waals surface area contributed by atoms with Crippen molar-refractivity contribution in [2.24, 2.45) is 5.73 Å². The Bertz CT molecular complexity index is 863. The van der Waals surface area contributed by atoms with Gasteiger partial charge in [-0.3, -0.25) is 0 Å². The molecule has 1 aromatic carbocycles. The molecule has 0 radical (unpaired) electrons. The first-order valence-corrected chi connectivity index (χ1v) is 9.81. The van der Waals surface area contributed by atoms with E-state index in [1.165, 1.54) is 0 Å². The molecule has 1 fully saturated rings. The van der Waals surface area contributed by atoms with Crippen LogP contribution in [0.25, 0.3) is 10.2 Å². The third-order valence-corrected chi connectivity index (χ3v) is 5.47. The van der Waals surface area contributed by atoms with E-state index in [2.05, 4.69) is 10.3 Å². The van der Waals surface area contributed by atoms with Crippen LogP contribution in [-0.2, 0) is 4.74 Å². The van der Waals surface area contributed by atoms with Crippen molar-refractivity contribution < 1.29 is 19.0 Å². The summed E-state index contributed by atoms with van der Waals surface area (Å²) in [7, 11) is 0. The van der Waals surface area contributed by atoms with Crippen molar-refractivity contribution in [1.82, 2.24) is 9.88 Å².